The maximum atomic E-state index is 14.6. The highest BCUT2D eigenvalue weighted by atomic mass is 79.9. The molecule has 2 aromatic carbocycles. The molecule has 3 heterocycles. The number of benzene rings is 2. The Morgan fingerprint density at radius 3 is 2.72 bits per heavy atom. The van der Waals surface area contributed by atoms with Crippen LogP contribution in [0.25, 0.3) is 0 Å². The molecule has 0 unspecified atom stereocenters. The zero-order valence-corrected chi connectivity index (χ0v) is 27.3. The lowest BCUT2D eigenvalue weighted by Crippen LogP contribution is -2.46. The number of aliphatic hydroxyl groups is 2. The van der Waals surface area contributed by atoms with Crippen molar-refractivity contribution in [3.05, 3.63) is 70.0 Å². The van der Waals surface area contributed by atoms with Crippen molar-refractivity contribution in [2.24, 2.45) is 5.92 Å². The van der Waals surface area contributed by atoms with Gasteiger partial charge in [-0.05, 0) is 62.3 Å². The van der Waals surface area contributed by atoms with Crippen molar-refractivity contribution in [2.45, 2.75) is 76.2 Å². The third-order valence-corrected chi connectivity index (χ3v) is 11.5. The molecule has 3 aromatic rings. The van der Waals surface area contributed by atoms with Gasteiger partial charge in [-0.1, -0.05) is 40.2 Å². The average molecular weight is 673 g/mol. The number of carbonyl (C=O) groups excluding carboxylic acids is 2. The lowest BCUT2D eigenvalue weighted by Gasteiger charge is -2.32. The summed E-state index contributed by atoms with van der Waals surface area (Å²) in [4.78, 5) is 39.9. The third kappa shape index (κ3) is 6.06. The fraction of sp³-hybridized carbons (Fsp3) is 0.467. The van der Waals surface area contributed by atoms with Crippen molar-refractivity contribution in [3.8, 4) is 0 Å². The van der Waals surface area contributed by atoms with Crippen LogP contribution >= 0.6 is 15.9 Å². The fourth-order valence-electron chi connectivity index (χ4n) is 6.59. The minimum atomic E-state index is -2.83. The molecule has 230 valence electrons. The summed E-state index contributed by atoms with van der Waals surface area (Å²) in [5.74, 6) is -1.02. The van der Waals surface area contributed by atoms with Crippen LogP contribution in [-0.2, 0) is 39.4 Å². The van der Waals surface area contributed by atoms with E-state index in [1.807, 2.05) is 44.3 Å². The number of ether oxygens (including phenoxy) is 1. The van der Waals surface area contributed by atoms with Gasteiger partial charge in [-0.3, -0.25) is 14.3 Å². The van der Waals surface area contributed by atoms with Gasteiger partial charge in [0.1, 0.15) is 6.10 Å². The summed E-state index contributed by atoms with van der Waals surface area (Å²) in [6.45, 7) is 7.91. The molecule has 2 aliphatic rings. The highest BCUT2D eigenvalue weighted by Crippen LogP contribution is 2.60. The number of rotatable bonds is 10. The number of fused-ring (bicyclic) bond motifs is 2. The molecule has 2 aliphatic heterocycles. The quantitative estimate of drug-likeness (QED) is 0.240. The van der Waals surface area contributed by atoms with Gasteiger partial charge in [0.25, 0.3) is 11.8 Å². The standard InChI is InChI=1S/C30H38BrN5O6Si/c1-18-27(43(3,4)41)26(10-12-35-17-23(11-13-37)33-34-35)42-30(18)24-15-21(31)8-9-25(24)36(29(30)40)16-20-6-5-7-22(14-20)32-28(39)19(2)38/h5-9,14-15,17-19,26-27,37-38,41H,10-13,16H2,1-4H3,(H,32,39)/t18-,19+,26+,27-,30+/m1/s1. The minimum Gasteiger partial charge on any atom is -0.432 e. The van der Waals surface area contributed by atoms with Crippen LogP contribution in [0.3, 0.4) is 0 Å². The molecule has 5 atom stereocenters. The van der Waals surface area contributed by atoms with Gasteiger partial charge in [-0.2, -0.15) is 0 Å². The maximum absolute atomic E-state index is 14.6. The van der Waals surface area contributed by atoms with E-state index in [1.165, 1.54) is 6.92 Å². The fourth-order valence-corrected chi connectivity index (χ4v) is 9.55. The highest BCUT2D eigenvalue weighted by Gasteiger charge is 2.66. The molecule has 43 heavy (non-hydrogen) atoms. The molecule has 0 radical (unpaired) electrons. The molecule has 11 nitrogen and oxygen atoms in total. The van der Waals surface area contributed by atoms with E-state index in [4.69, 9.17) is 4.74 Å². The Balaban J connectivity index is 1.47. The van der Waals surface area contributed by atoms with Gasteiger partial charge in [-0.15, -0.1) is 5.10 Å². The molecule has 0 aliphatic carbocycles. The Morgan fingerprint density at radius 1 is 1.26 bits per heavy atom. The van der Waals surface area contributed by atoms with E-state index in [0.717, 1.165) is 21.3 Å². The number of aliphatic hydroxyl groups excluding tert-OH is 2. The molecule has 5 rings (SSSR count). The Labute approximate surface area is 260 Å². The van der Waals surface area contributed by atoms with Gasteiger partial charge in [0.05, 0.1) is 24.0 Å². The lowest BCUT2D eigenvalue weighted by atomic mass is 9.82. The number of aromatic nitrogens is 3. The van der Waals surface area contributed by atoms with Crippen LogP contribution in [0.1, 0.15) is 37.1 Å². The Hall–Kier alpha value is -2.94. The minimum absolute atomic E-state index is 0.00871. The number of halogens is 1. The number of hydrogen-bond acceptors (Lipinski definition) is 8. The number of aryl methyl sites for hydroxylation is 1. The first-order valence-electron chi connectivity index (χ1n) is 14.4. The van der Waals surface area contributed by atoms with Crippen LogP contribution in [0.2, 0.25) is 18.6 Å². The van der Waals surface area contributed by atoms with Crippen molar-refractivity contribution >= 4 is 47.4 Å². The van der Waals surface area contributed by atoms with Crippen LogP contribution in [0.4, 0.5) is 11.4 Å². The average Bonchev–Trinajstić information content (AvgIpc) is 3.58. The number of nitrogens with zero attached hydrogens (tertiary/aromatic N) is 4. The number of carbonyl (C=O) groups is 2. The second-order valence-corrected chi connectivity index (χ2v) is 16.9. The van der Waals surface area contributed by atoms with E-state index in [-0.39, 0.29) is 30.5 Å². The molecular weight excluding hydrogens is 634 g/mol. The number of anilines is 2. The van der Waals surface area contributed by atoms with Crippen LogP contribution in [0, 0.1) is 5.92 Å². The van der Waals surface area contributed by atoms with Gasteiger partial charge >= 0.3 is 0 Å². The molecule has 1 saturated heterocycles. The molecule has 4 N–H and O–H groups in total. The van der Waals surface area contributed by atoms with Crippen molar-refractivity contribution in [3.63, 3.8) is 0 Å². The zero-order chi connectivity index (χ0) is 31.1. The normalized spacial score (nSPS) is 24.0. The van der Waals surface area contributed by atoms with E-state index in [0.29, 0.717) is 30.8 Å². The molecule has 0 bridgehead atoms. The molecule has 13 heteroatoms. The van der Waals surface area contributed by atoms with Crippen molar-refractivity contribution < 1.29 is 29.3 Å². The Morgan fingerprint density at radius 2 is 2.02 bits per heavy atom. The molecule has 2 amide bonds. The van der Waals surface area contributed by atoms with E-state index < -0.39 is 32.0 Å². The first-order valence-corrected chi connectivity index (χ1v) is 18.3. The van der Waals surface area contributed by atoms with Gasteiger partial charge < -0.3 is 30.0 Å². The molecule has 1 fully saturated rings. The summed E-state index contributed by atoms with van der Waals surface area (Å²) in [5.41, 5.74) is 1.99. The van der Waals surface area contributed by atoms with E-state index in [1.54, 1.807) is 34.0 Å². The van der Waals surface area contributed by atoms with E-state index in [9.17, 15) is 24.6 Å². The van der Waals surface area contributed by atoms with Crippen molar-refractivity contribution in [1.29, 1.82) is 0 Å². The molecular formula is C30H38BrN5O6Si. The highest BCUT2D eigenvalue weighted by molar-refractivity contribution is 9.10. The summed E-state index contributed by atoms with van der Waals surface area (Å²) < 4.78 is 9.41. The summed E-state index contributed by atoms with van der Waals surface area (Å²) in [5, 5.41) is 29.8. The number of amides is 2. The summed E-state index contributed by atoms with van der Waals surface area (Å²) >= 11 is 3.59. The van der Waals surface area contributed by atoms with Crippen LogP contribution in [-0.4, -0.2) is 68.9 Å². The van der Waals surface area contributed by atoms with E-state index >= 15 is 0 Å². The Bertz CT molecular complexity index is 1510. The predicted molar refractivity (Wildman–Crippen MR) is 167 cm³/mol. The van der Waals surface area contributed by atoms with E-state index in [2.05, 4.69) is 31.6 Å². The van der Waals surface area contributed by atoms with Gasteiger partial charge in [0.2, 0.25) is 0 Å². The summed E-state index contributed by atoms with van der Waals surface area (Å²) in [6, 6.07) is 12.9. The smallest absolute Gasteiger partial charge is 0.264 e. The second kappa shape index (κ2) is 12.2. The predicted octanol–water partition coefficient (Wildman–Crippen LogP) is 3.33. The molecule has 1 spiro atoms. The summed E-state index contributed by atoms with van der Waals surface area (Å²) in [6.07, 6.45) is 1.19. The van der Waals surface area contributed by atoms with Gasteiger partial charge in [-0.25, -0.2) is 0 Å². The van der Waals surface area contributed by atoms with Gasteiger partial charge in [0.15, 0.2) is 13.9 Å². The maximum Gasteiger partial charge on any atom is 0.264 e. The molecule has 1 aromatic heterocycles. The van der Waals surface area contributed by atoms with Crippen LogP contribution in [0.15, 0.2) is 53.1 Å². The van der Waals surface area contributed by atoms with Crippen LogP contribution < -0.4 is 10.2 Å². The summed E-state index contributed by atoms with van der Waals surface area (Å²) in [7, 11) is -2.83. The third-order valence-electron chi connectivity index (χ3n) is 8.46. The van der Waals surface area contributed by atoms with Crippen LogP contribution in [0.5, 0.6) is 0 Å². The first-order chi connectivity index (χ1) is 20.3. The second-order valence-electron chi connectivity index (χ2n) is 12.0. The topological polar surface area (TPSA) is 150 Å². The van der Waals surface area contributed by atoms with Crippen molar-refractivity contribution in [2.75, 3.05) is 16.8 Å². The largest absolute Gasteiger partial charge is 0.432 e. The number of hydrogen-bond donors (Lipinski definition) is 4. The first kappa shape index (κ1) is 31.5. The monoisotopic (exact) mass is 671 g/mol. The van der Waals surface area contributed by atoms with Crippen molar-refractivity contribution in [1.82, 2.24) is 15.0 Å². The Kier molecular flexibility index (Phi) is 8.94. The molecule has 0 saturated carbocycles. The zero-order valence-electron chi connectivity index (χ0n) is 24.7. The SMILES string of the molecule is C[C@H](O)C(=O)Nc1cccc(CN2C(=O)[C@@]3(O[C@@H](CCn4cc(CCO)nn4)[C@H]([Si](C)(C)O)[C@H]3C)c3cc(Br)ccc32)c1. The lowest BCUT2D eigenvalue weighted by molar-refractivity contribution is -0.146. The van der Waals surface area contributed by atoms with Gasteiger partial charge in [0, 0.05) is 53.0 Å². The number of nitrogens with one attached hydrogen (secondary N) is 1.